The molecule has 1 aromatic carbocycles. The highest BCUT2D eigenvalue weighted by Gasteiger charge is 2.04. The van der Waals surface area contributed by atoms with Crippen LogP contribution >= 0.6 is 0 Å². The third kappa shape index (κ3) is 4.48. The fourth-order valence-corrected chi connectivity index (χ4v) is 1.64. The fraction of sp³-hybridized carbons (Fsp3) is 0.571. The largest absolute Gasteiger partial charge is 0.314 e. The van der Waals surface area contributed by atoms with Crippen molar-refractivity contribution >= 4 is 0 Å². The molecule has 1 heteroatoms. The van der Waals surface area contributed by atoms with Gasteiger partial charge in [-0.15, -0.1) is 0 Å². The second kappa shape index (κ2) is 6.62. The van der Waals surface area contributed by atoms with E-state index in [1.807, 2.05) is 0 Å². The van der Waals surface area contributed by atoms with E-state index in [0.29, 0.717) is 12.0 Å². The zero-order chi connectivity index (χ0) is 11.1. The summed E-state index contributed by atoms with van der Waals surface area (Å²) in [6.07, 6.45) is 2.42. The maximum Gasteiger partial charge on any atom is 0.00361 e. The molecule has 0 radical (unpaired) electrons. The van der Waals surface area contributed by atoms with E-state index in [0.717, 1.165) is 6.54 Å². The molecule has 15 heavy (non-hydrogen) atoms. The van der Waals surface area contributed by atoms with Gasteiger partial charge >= 0.3 is 0 Å². The molecule has 0 amide bonds. The Kier molecular flexibility index (Phi) is 5.41. The van der Waals surface area contributed by atoms with Crippen LogP contribution in [0.5, 0.6) is 0 Å². The van der Waals surface area contributed by atoms with Crippen LogP contribution in [0.25, 0.3) is 0 Å². The minimum absolute atomic E-state index is 0.646. The number of hydrogen-bond acceptors (Lipinski definition) is 1. The molecule has 0 aliphatic carbocycles. The Balaban J connectivity index is 2.28. The van der Waals surface area contributed by atoms with E-state index in [1.165, 1.54) is 18.4 Å². The molecule has 1 aromatic rings. The third-order valence-electron chi connectivity index (χ3n) is 3.05. The van der Waals surface area contributed by atoms with E-state index in [4.69, 9.17) is 0 Å². The van der Waals surface area contributed by atoms with E-state index >= 15 is 0 Å². The van der Waals surface area contributed by atoms with Crippen LogP contribution in [0, 0.1) is 0 Å². The summed E-state index contributed by atoms with van der Waals surface area (Å²) >= 11 is 0. The molecule has 0 saturated carbocycles. The molecule has 1 N–H and O–H groups in total. The van der Waals surface area contributed by atoms with Gasteiger partial charge in [0, 0.05) is 6.04 Å². The van der Waals surface area contributed by atoms with Gasteiger partial charge in [0.2, 0.25) is 0 Å². The molecule has 0 heterocycles. The van der Waals surface area contributed by atoms with Crippen LogP contribution in [-0.2, 0) is 0 Å². The van der Waals surface area contributed by atoms with Crippen LogP contribution < -0.4 is 5.32 Å². The average molecular weight is 205 g/mol. The van der Waals surface area contributed by atoms with Crippen LogP contribution in [0.15, 0.2) is 30.3 Å². The third-order valence-corrected chi connectivity index (χ3v) is 3.05. The zero-order valence-electron chi connectivity index (χ0n) is 10.2. The van der Waals surface area contributed by atoms with E-state index < -0.39 is 0 Å². The Morgan fingerprint density at radius 2 is 1.80 bits per heavy atom. The Bertz CT molecular complexity index is 255. The Morgan fingerprint density at radius 3 is 2.40 bits per heavy atom. The summed E-state index contributed by atoms with van der Waals surface area (Å²) in [5.41, 5.74) is 1.45. The quantitative estimate of drug-likeness (QED) is 0.748. The van der Waals surface area contributed by atoms with Crippen LogP contribution in [0.2, 0.25) is 0 Å². The smallest absolute Gasteiger partial charge is 0.00361 e. The van der Waals surface area contributed by atoms with Crippen LogP contribution in [0.3, 0.4) is 0 Å². The lowest BCUT2D eigenvalue weighted by Gasteiger charge is -2.15. The van der Waals surface area contributed by atoms with E-state index in [2.05, 4.69) is 56.4 Å². The minimum atomic E-state index is 0.646. The topological polar surface area (TPSA) is 12.0 Å². The first kappa shape index (κ1) is 12.3. The molecule has 0 aliphatic heterocycles. The molecule has 84 valence electrons. The van der Waals surface area contributed by atoms with Gasteiger partial charge in [-0.25, -0.2) is 0 Å². The summed E-state index contributed by atoms with van der Waals surface area (Å²) in [6.45, 7) is 7.88. The van der Waals surface area contributed by atoms with Crippen molar-refractivity contribution in [3.63, 3.8) is 0 Å². The normalized spacial score (nSPS) is 14.9. The van der Waals surface area contributed by atoms with Crippen LogP contribution in [-0.4, -0.2) is 12.6 Å². The van der Waals surface area contributed by atoms with E-state index in [9.17, 15) is 0 Å². The predicted molar refractivity (Wildman–Crippen MR) is 67.2 cm³/mol. The van der Waals surface area contributed by atoms with Gasteiger partial charge in [-0.05, 0) is 37.8 Å². The molecule has 0 spiro atoms. The first-order valence-corrected chi connectivity index (χ1v) is 6.02. The molecule has 0 saturated heterocycles. The monoisotopic (exact) mass is 205 g/mol. The number of rotatable bonds is 6. The first-order valence-electron chi connectivity index (χ1n) is 6.02. The van der Waals surface area contributed by atoms with Crippen molar-refractivity contribution in [2.75, 3.05) is 6.54 Å². The SMILES string of the molecule is CC[C@H](C)NCC[C@H](C)c1ccccc1. The number of benzene rings is 1. The van der Waals surface area contributed by atoms with Crippen molar-refractivity contribution in [2.24, 2.45) is 0 Å². The molecule has 0 aliphatic rings. The summed E-state index contributed by atoms with van der Waals surface area (Å²) in [6, 6.07) is 11.4. The van der Waals surface area contributed by atoms with Crippen molar-refractivity contribution in [1.29, 1.82) is 0 Å². The standard InChI is InChI=1S/C14H23N/c1-4-13(3)15-11-10-12(2)14-8-6-5-7-9-14/h5-9,12-13,15H,4,10-11H2,1-3H3/t12-,13-/m0/s1. The number of nitrogens with one attached hydrogen (secondary N) is 1. The number of hydrogen-bond donors (Lipinski definition) is 1. The second-order valence-electron chi connectivity index (χ2n) is 4.36. The molecular weight excluding hydrogens is 182 g/mol. The highest BCUT2D eigenvalue weighted by molar-refractivity contribution is 5.18. The molecular formula is C14H23N. The van der Waals surface area contributed by atoms with Gasteiger partial charge in [0.15, 0.2) is 0 Å². The molecule has 1 nitrogen and oxygen atoms in total. The van der Waals surface area contributed by atoms with Gasteiger partial charge in [0.1, 0.15) is 0 Å². The van der Waals surface area contributed by atoms with Crippen LogP contribution in [0.1, 0.15) is 45.1 Å². The summed E-state index contributed by atoms with van der Waals surface area (Å²) in [5, 5.41) is 3.53. The Hall–Kier alpha value is -0.820. The lowest BCUT2D eigenvalue weighted by molar-refractivity contribution is 0.505. The fourth-order valence-electron chi connectivity index (χ4n) is 1.64. The van der Waals surface area contributed by atoms with E-state index in [1.54, 1.807) is 0 Å². The van der Waals surface area contributed by atoms with Crippen molar-refractivity contribution in [2.45, 2.75) is 45.6 Å². The van der Waals surface area contributed by atoms with Gasteiger partial charge in [0.05, 0.1) is 0 Å². The highest BCUT2D eigenvalue weighted by Crippen LogP contribution is 2.17. The molecule has 0 fully saturated rings. The Labute approximate surface area is 93.9 Å². The molecule has 1 rings (SSSR count). The first-order chi connectivity index (χ1) is 7.24. The van der Waals surface area contributed by atoms with Crippen LogP contribution in [0.4, 0.5) is 0 Å². The predicted octanol–water partition coefficient (Wildman–Crippen LogP) is 3.57. The van der Waals surface area contributed by atoms with Gasteiger partial charge in [-0.1, -0.05) is 44.2 Å². The lowest BCUT2D eigenvalue weighted by atomic mass is 9.98. The maximum atomic E-state index is 3.53. The Morgan fingerprint density at radius 1 is 1.13 bits per heavy atom. The van der Waals surface area contributed by atoms with Gasteiger partial charge < -0.3 is 5.32 Å². The highest BCUT2D eigenvalue weighted by atomic mass is 14.9. The summed E-state index contributed by atoms with van der Waals surface area (Å²) < 4.78 is 0. The van der Waals surface area contributed by atoms with Gasteiger partial charge in [-0.3, -0.25) is 0 Å². The second-order valence-corrected chi connectivity index (χ2v) is 4.36. The van der Waals surface area contributed by atoms with Gasteiger partial charge in [0.25, 0.3) is 0 Å². The molecule has 0 unspecified atom stereocenters. The molecule has 0 bridgehead atoms. The maximum absolute atomic E-state index is 3.53. The van der Waals surface area contributed by atoms with Gasteiger partial charge in [-0.2, -0.15) is 0 Å². The summed E-state index contributed by atoms with van der Waals surface area (Å²) in [7, 11) is 0. The minimum Gasteiger partial charge on any atom is -0.314 e. The summed E-state index contributed by atoms with van der Waals surface area (Å²) in [4.78, 5) is 0. The lowest BCUT2D eigenvalue weighted by Crippen LogP contribution is -2.26. The van der Waals surface area contributed by atoms with Crippen molar-refractivity contribution in [3.8, 4) is 0 Å². The molecule has 2 atom stereocenters. The van der Waals surface area contributed by atoms with E-state index in [-0.39, 0.29) is 0 Å². The van der Waals surface area contributed by atoms with Crippen molar-refractivity contribution < 1.29 is 0 Å². The average Bonchev–Trinajstić information content (AvgIpc) is 2.29. The zero-order valence-corrected chi connectivity index (χ0v) is 10.2. The summed E-state index contributed by atoms with van der Waals surface area (Å²) in [5.74, 6) is 0.655. The van der Waals surface area contributed by atoms with Crippen molar-refractivity contribution in [3.05, 3.63) is 35.9 Å². The molecule has 0 aromatic heterocycles. The van der Waals surface area contributed by atoms with Crippen molar-refractivity contribution in [1.82, 2.24) is 5.32 Å².